The van der Waals surface area contributed by atoms with E-state index in [-0.39, 0.29) is 12.3 Å². The van der Waals surface area contributed by atoms with Crippen LogP contribution in [-0.2, 0) is 13.2 Å². The Kier molecular flexibility index (Phi) is 4.26. The number of aromatic nitrogens is 2. The topological polar surface area (TPSA) is 75.3 Å². The van der Waals surface area contributed by atoms with Gasteiger partial charge in [0, 0.05) is 15.4 Å². The van der Waals surface area contributed by atoms with Crippen molar-refractivity contribution in [3.63, 3.8) is 0 Å². The molecule has 0 fully saturated rings. The number of carboxylic acids is 1. The molecule has 3 aromatic rings. The molecule has 0 aliphatic rings. The SMILES string of the molecule is O=C(O)c1nn(Cc2ccc(Cl)cc2Cl)c2ccc(CO)cc12. The molecule has 0 bridgehead atoms. The summed E-state index contributed by atoms with van der Waals surface area (Å²) in [5, 5.41) is 24.2. The van der Waals surface area contributed by atoms with Crippen LogP contribution in [0.5, 0.6) is 0 Å². The Morgan fingerprint density at radius 3 is 2.61 bits per heavy atom. The number of halogens is 2. The average molecular weight is 351 g/mol. The van der Waals surface area contributed by atoms with Gasteiger partial charge in [-0.05, 0) is 35.4 Å². The van der Waals surface area contributed by atoms with Gasteiger partial charge < -0.3 is 10.2 Å². The summed E-state index contributed by atoms with van der Waals surface area (Å²) in [6, 6.07) is 10.2. The van der Waals surface area contributed by atoms with Crippen LogP contribution >= 0.6 is 23.2 Å². The van der Waals surface area contributed by atoms with E-state index in [4.69, 9.17) is 23.2 Å². The predicted octanol–water partition coefficient (Wildman–Crippen LogP) is 3.58. The zero-order chi connectivity index (χ0) is 16.6. The smallest absolute Gasteiger partial charge is 0.357 e. The fourth-order valence-corrected chi connectivity index (χ4v) is 2.88. The molecule has 23 heavy (non-hydrogen) atoms. The lowest BCUT2D eigenvalue weighted by atomic mass is 10.1. The molecule has 2 N–H and O–H groups in total. The molecule has 0 unspecified atom stereocenters. The monoisotopic (exact) mass is 350 g/mol. The second-order valence-corrected chi connectivity index (χ2v) is 5.90. The van der Waals surface area contributed by atoms with Crippen LogP contribution in [0.3, 0.4) is 0 Å². The summed E-state index contributed by atoms with van der Waals surface area (Å²) in [4.78, 5) is 11.4. The van der Waals surface area contributed by atoms with Crippen molar-refractivity contribution in [1.29, 1.82) is 0 Å². The molecule has 1 aromatic heterocycles. The first-order chi connectivity index (χ1) is 11.0. The van der Waals surface area contributed by atoms with Gasteiger partial charge in [0.25, 0.3) is 0 Å². The summed E-state index contributed by atoms with van der Waals surface area (Å²) in [5.41, 5.74) is 2.01. The molecule has 0 aliphatic carbocycles. The second-order valence-electron chi connectivity index (χ2n) is 5.06. The van der Waals surface area contributed by atoms with E-state index < -0.39 is 5.97 Å². The van der Waals surface area contributed by atoms with Crippen LogP contribution in [0, 0.1) is 0 Å². The highest BCUT2D eigenvalue weighted by Gasteiger charge is 2.17. The van der Waals surface area contributed by atoms with Gasteiger partial charge in [-0.1, -0.05) is 35.3 Å². The quantitative estimate of drug-likeness (QED) is 0.753. The van der Waals surface area contributed by atoms with Crippen molar-refractivity contribution in [2.24, 2.45) is 0 Å². The van der Waals surface area contributed by atoms with Crippen LogP contribution in [0.2, 0.25) is 10.0 Å². The Morgan fingerprint density at radius 2 is 1.96 bits per heavy atom. The maximum Gasteiger partial charge on any atom is 0.357 e. The summed E-state index contributed by atoms with van der Waals surface area (Å²) in [7, 11) is 0. The molecule has 0 radical (unpaired) electrons. The van der Waals surface area contributed by atoms with Crippen LogP contribution in [0.25, 0.3) is 10.9 Å². The molecular weight excluding hydrogens is 339 g/mol. The number of aliphatic hydroxyl groups is 1. The molecule has 0 amide bonds. The van der Waals surface area contributed by atoms with Gasteiger partial charge in [0.15, 0.2) is 5.69 Å². The Morgan fingerprint density at radius 1 is 1.17 bits per heavy atom. The minimum absolute atomic E-state index is 0.0552. The first kappa shape index (κ1) is 15.8. The molecule has 0 spiro atoms. The molecule has 0 aliphatic heterocycles. The zero-order valence-corrected chi connectivity index (χ0v) is 13.3. The number of nitrogens with zero attached hydrogens (tertiary/aromatic N) is 2. The van der Waals surface area contributed by atoms with E-state index in [2.05, 4.69) is 5.10 Å². The fourth-order valence-electron chi connectivity index (χ4n) is 2.41. The Balaban J connectivity index is 2.12. The molecule has 3 rings (SSSR count). The van der Waals surface area contributed by atoms with E-state index in [1.54, 1.807) is 41.1 Å². The van der Waals surface area contributed by atoms with Crippen LogP contribution in [0.4, 0.5) is 0 Å². The van der Waals surface area contributed by atoms with E-state index in [0.717, 1.165) is 5.56 Å². The standard InChI is InChI=1S/C16H12Cl2N2O3/c17-11-3-2-10(13(18)6-11)7-20-14-4-1-9(8-21)5-12(14)15(19-20)16(22)23/h1-6,21H,7-8H2,(H,22,23). The lowest BCUT2D eigenvalue weighted by Crippen LogP contribution is -2.05. The molecule has 118 valence electrons. The summed E-state index contributed by atoms with van der Waals surface area (Å²) < 4.78 is 1.58. The van der Waals surface area contributed by atoms with Crippen molar-refractivity contribution >= 4 is 40.1 Å². The fraction of sp³-hybridized carbons (Fsp3) is 0.125. The molecule has 0 saturated heterocycles. The highest BCUT2D eigenvalue weighted by atomic mass is 35.5. The van der Waals surface area contributed by atoms with Gasteiger partial charge in [-0.3, -0.25) is 4.68 Å². The van der Waals surface area contributed by atoms with Crippen molar-refractivity contribution in [1.82, 2.24) is 9.78 Å². The van der Waals surface area contributed by atoms with E-state index in [0.29, 0.717) is 33.1 Å². The van der Waals surface area contributed by atoms with Crippen LogP contribution in [0.15, 0.2) is 36.4 Å². The second kappa shape index (κ2) is 6.20. The highest BCUT2D eigenvalue weighted by molar-refractivity contribution is 6.35. The van der Waals surface area contributed by atoms with E-state index in [9.17, 15) is 15.0 Å². The third-order valence-corrected chi connectivity index (χ3v) is 4.12. The van der Waals surface area contributed by atoms with Gasteiger partial charge >= 0.3 is 5.97 Å². The molecule has 1 heterocycles. The Bertz CT molecular complexity index is 906. The van der Waals surface area contributed by atoms with Crippen molar-refractivity contribution in [3.05, 3.63) is 63.3 Å². The summed E-state index contributed by atoms with van der Waals surface area (Å²) in [6.45, 7) is 0.154. The van der Waals surface area contributed by atoms with E-state index in [1.165, 1.54) is 0 Å². The largest absolute Gasteiger partial charge is 0.476 e. The lowest BCUT2D eigenvalue weighted by molar-refractivity contribution is 0.0691. The van der Waals surface area contributed by atoms with Gasteiger partial charge in [-0.2, -0.15) is 5.10 Å². The minimum Gasteiger partial charge on any atom is -0.476 e. The zero-order valence-electron chi connectivity index (χ0n) is 11.8. The Hall–Kier alpha value is -2.08. The van der Waals surface area contributed by atoms with Crippen LogP contribution in [-0.4, -0.2) is 26.0 Å². The van der Waals surface area contributed by atoms with E-state index >= 15 is 0 Å². The molecule has 5 nitrogen and oxygen atoms in total. The number of rotatable bonds is 4. The van der Waals surface area contributed by atoms with Gasteiger partial charge in [0.2, 0.25) is 0 Å². The predicted molar refractivity (Wildman–Crippen MR) is 88.2 cm³/mol. The third-order valence-electron chi connectivity index (χ3n) is 3.54. The summed E-state index contributed by atoms with van der Waals surface area (Å²) in [6.07, 6.45) is 0. The number of benzene rings is 2. The minimum atomic E-state index is -1.12. The maximum atomic E-state index is 11.4. The first-order valence-corrected chi connectivity index (χ1v) is 7.52. The molecule has 7 heteroatoms. The number of carboxylic acid groups (broad SMARTS) is 1. The van der Waals surface area contributed by atoms with Crippen molar-refractivity contribution < 1.29 is 15.0 Å². The number of fused-ring (bicyclic) bond motifs is 1. The number of hydrogen-bond donors (Lipinski definition) is 2. The van der Waals surface area contributed by atoms with Crippen molar-refractivity contribution in [2.75, 3.05) is 0 Å². The van der Waals surface area contributed by atoms with Crippen LogP contribution < -0.4 is 0 Å². The lowest BCUT2D eigenvalue weighted by Gasteiger charge is -2.07. The number of carbonyl (C=O) groups is 1. The third kappa shape index (κ3) is 3.03. The van der Waals surface area contributed by atoms with Gasteiger partial charge in [0.05, 0.1) is 18.7 Å². The number of hydrogen-bond acceptors (Lipinski definition) is 3. The van der Waals surface area contributed by atoms with Gasteiger partial charge in [-0.15, -0.1) is 0 Å². The van der Waals surface area contributed by atoms with Crippen LogP contribution in [0.1, 0.15) is 21.6 Å². The van der Waals surface area contributed by atoms with E-state index in [1.807, 2.05) is 0 Å². The first-order valence-electron chi connectivity index (χ1n) is 6.77. The summed E-state index contributed by atoms with van der Waals surface area (Å²) >= 11 is 12.1. The molecule has 0 saturated carbocycles. The van der Waals surface area contributed by atoms with Gasteiger partial charge in [0.1, 0.15) is 0 Å². The Labute approximate surface area is 141 Å². The number of aliphatic hydroxyl groups excluding tert-OH is 1. The normalized spacial score (nSPS) is 11.1. The average Bonchev–Trinajstić information content (AvgIpc) is 2.88. The van der Waals surface area contributed by atoms with Gasteiger partial charge in [-0.25, -0.2) is 4.79 Å². The molecule has 2 aromatic carbocycles. The number of aromatic carboxylic acids is 1. The molecular formula is C16H12Cl2N2O3. The maximum absolute atomic E-state index is 11.4. The molecule has 0 atom stereocenters. The summed E-state index contributed by atoms with van der Waals surface area (Å²) in [5.74, 6) is -1.12. The van der Waals surface area contributed by atoms with Crippen molar-refractivity contribution in [3.8, 4) is 0 Å². The van der Waals surface area contributed by atoms with Crippen molar-refractivity contribution in [2.45, 2.75) is 13.2 Å². The highest BCUT2D eigenvalue weighted by Crippen LogP contribution is 2.25.